The van der Waals surface area contributed by atoms with Crippen molar-refractivity contribution in [3.05, 3.63) is 53.4 Å². The van der Waals surface area contributed by atoms with Gasteiger partial charge in [0.25, 0.3) is 0 Å². The van der Waals surface area contributed by atoms with E-state index in [0.29, 0.717) is 6.54 Å². The molecular weight excluding hydrogens is 210 g/mol. The molecule has 0 saturated carbocycles. The van der Waals surface area contributed by atoms with Gasteiger partial charge in [-0.25, -0.2) is 4.98 Å². The standard InChI is InChI=1S/C11H10ClN3/c12-10-3-1-2-9(6-10)7-15-11-8-13-4-5-14-11/h1-6,8H,7H2,(H,14,15). The highest BCUT2D eigenvalue weighted by atomic mass is 35.5. The third-order valence-electron chi connectivity index (χ3n) is 1.93. The lowest BCUT2D eigenvalue weighted by Gasteiger charge is -2.04. The predicted molar refractivity (Wildman–Crippen MR) is 60.8 cm³/mol. The number of rotatable bonds is 3. The molecule has 2 aromatic rings. The maximum atomic E-state index is 5.87. The third kappa shape index (κ3) is 2.92. The van der Waals surface area contributed by atoms with Gasteiger partial charge < -0.3 is 5.32 Å². The monoisotopic (exact) mass is 219 g/mol. The number of benzene rings is 1. The average Bonchev–Trinajstić information content (AvgIpc) is 2.28. The van der Waals surface area contributed by atoms with Crippen LogP contribution < -0.4 is 5.32 Å². The molecule has 0 aliphatic heterocycles. The summed E-state index contributed by atoms with van der Waals surface area (Å²) in [4.78, 5) is 8.07. The average molecular weight is 220 g/mol. The summed E-state index contributed by atoms with van der Waals surface area (Å²) < 4.78 is 0. The Kier molecular flexibility index (Phi) is 3.15. The molecule has 0 spiro atoms. The minimum absolute atomic E-state index is 0.694. The van der Waals surface area contributed by atoms with Gasteiger partial charge in [-0.3, -0.25) is 4.98 Å². The Balaban J connectivity index is 1.99. The fraction of sp³-hybridized carbons (Fsp3) is 0.0909. The summed E-state index contributed by atoms with van der Waals surface area (Å²) in [6.07, 6.45) is 4.98. The Morgan fingerprint density at radius 3 is 2.93 bits per heavy atom. The Morgan fingerprint density at radius 1 is 1.27 bits per heavy atom. The summed E-state index contributed by atoms with van der Waals surface area (Å²) in [6.45, 7) is 0.694. The molecule has 1 aromatic heterocycles. The maximum Gasteiger partial charge on any atom is 0.144 e. The molecule has 0 saturated heterocycles. The van der Waals surface area contributed by atoms with Gasteiger partial charge in [0, 0.05) is 24.0 Å². The molecular formula is C11H10ClN3. The zero-order valence-corrected chi connectivity index (χ0v) is 8.78. The molecule has 0 atom stereocenters. The lowest BCUT2D eigenvalue weighted by Crippen LogP contribution is -2.01. The molecule has 0 aliphatic rings. The van der Waals surface area contributed by atoms with E-state index >= 15 is 0 Å². The normalized spacial score (nSPS) is 9.93. The van der Waals surface area contributed by atoms with Crippen molar-refractivity contribution in [2.45, 2.75) is 6.54 Å². The van der Waals surface area contributed by atoms with Crippen molar-refractivity contribution in [2.75, 3.05) is 5.32 Å². The molecule has 0 bridgehead atoms. The van der Waals surface area contributed by atoms with Crippen molar-refractivity contribution >= 4 is 17.4 Å². The minimum atomic E-state index is 0.694. The van der Waals surface area contributed by atoms with Gasteiger partial charge in [0.05, 0.1) is 6.20 Å². The van der Waals surface area contributed by atoms with E-state index in [2.05, 4.69) is 15.3 Å². The summed E-state index contributed by atoms with van der Waals surface area (Å²) in [6, 6.07) is 7.71. The molecule has 1 aromatic carbocycles. The van der Waals surface area contributed by atoms with E-state index in [0.717, 1.165) is 16.4 Å². The molecule has 4 heteroatoms. The Hall–Kier alpha value is -1.61. The van der Waals surface area contributed by atoms with Crippen LogP contribution in [0.5, 0.6) is 0 Å². The van der Waals surface area contributed by atoms with Crippen LogP contribution in [-0.2, 0) is 6.54 Å². The number of hydrogen-bond acceptors (Lipinski definition) is 3. The third-order valence-corrected chi connectivity index (χ3v) is 2.16. The summed E-state index contributed by atoms with van der Waals surface area (Å²) in [5.41, 5.74) is 1.12. The first-order valence-electron chi connectivity index (χ1n) is 4.59. The lowest BCUT2D eigenvalue weighted by atomic mass is 10.2. The van der Waals surface area contributed by atoms with Gasteiger partial charge in [-0.1, -0.05) is 23.7 Å². The molecule has 1 heterocycles. The van der Waals surface area contributed by atoms with Crippen LogP contribution in [0.4, 0.5) is 5.82 Å². The largest absolute Gasteiger partial charge is 0.365 e. The zero-order chi connectivity index (χ0) is 10.5. The Bertz CT molecular complexity index is 431. The smallest absolute Gasteiger partial charge is 0.144 e. The van der Waals surface area contributed by atoms with Crippen LogP contribution in [0.2, 0.25) is 5.02 Å². The molecule has 0 fully saturated rings. The highest BCUT2D eigenvalue weighted by Gasteiger charge is 1.95. The lowest BCUT2D eigenvalue weighted by molar-refractivity contribution is 1.09. The highest BCUT2D eigenvalue weighted by Crippen LogP contribution is 2.11. The van der Waals surface area contributed by atoms with Crippen LogP contribution in [0.25, 0.3) is 0 Å². The van der Waals surface area contributed by atoms with E-state index in [4.69, 9.17) is 11.6 Å². The second-order valence-electron chi connectivity index (χ2n) is 3.07. The van der Waals surface area contributed by atoms with Gasteiger partial charge in [0.15, 0.2) is 0 Å². The fourth-order valence-corrected chi connectivity index (χ4v) is 1.44. The van der Waals surface area contributed by atoms with Gasteiger partial charge in [0.1, 0.15) is 5.82 Å². The van der Waals surface area contributed by atoms with Gasteiger partial charge in [0.2, 0.25) is 0 Å². The highest BCUT2D eigenvalue weighted by molar-refractivity contribution is 6.30. The van der Waals surface area contributed by atoms with Crippen molar-refractivity contribution in [2.24, 2.45) is 0 Å². The number of nitrogens with one attached hydrogen (secondary N) is 1. The van der Waals surface area contributed by atoms with Crippen molar-refractivity contribution in [1.29, 1.82) is 0 Å². The van der Waals surface area contributed by atoms with Crippen LogP contribution in [0.3, 0.4) is 0 Å². The summed E-state index contributed by atoms with van der Waals surface area (Å²) >= 11 is 5.87. The predicted octanol–water partition coefficient (Wildman–Crippen LogP) is 2.74. The first-order valence-corrected chi connectivity index (χ1v) is 4.97. The summed E-state index contributed by atoms with van der Waals surface area (Å²) in [5, 5.41) is 3.90. The maximum absolute atomic E-state index is 5.87. The second-order valence-corrected chi connectivity index (χ2v) is 3.51. The molecule has 0 radical (unpaired) electrons. The number of hydrogen-bond donors (Lipinski definition) is 1. The van der Waals surface area contributed by atoms with Gasteiger partial charge >= 0.3 is 0 Å². The molecule has 1 N–H and O–H groups in total. The number of anilines is 1. The van der Waals surface area contributed by atoms with Crippen molar-refractivity contribution in [3.63, 3.8) is 0 Å². The Morgan fingerprint density at radius 2 is 2.20 bits per heavy atom. The molecule has 2 rings (SSSR count). The van der Waals surface area contributed by atoms with Gasteiger partial charge in [-0.05, 0) is 17.7 Å². The minimum Gasteiger partial charge on any atom is -0.365 e. The van der Waals surface area contributed by atoms with Crippen LogP contribution in [0.15, 0.2) is 42.9 Å². The molecule has 3 nitrogen and oxygen atoms in total. The van der Waals surface area contributed by atoms with Crippen molar-refractivity contribution in [3.8, 4) is 0 Å². The first-order chi connectivity index (χ1) is 7.34. The van der Waals surface area contributed by atoms with Crippen LogP contribution in [-0.4, -0.2) is 9.97 Å². The molecule has 0 amide bonds. The van der Waals surface area contributed by atoms with Crippen LogP contribution in [0.1, 0.15) is 5.56 Å². The van der Waals surface area contributed by atoms with E-state index in [1.54, 1.807) is 18.6 Å². The van der Waals surface area contributed by atoms with E-state index < -0.39 is 0 Å². The molecule has 0 unspecified atom stereocenters. The number of halogens is 1. The SMILES string of the molecule is Clc1cccc(CNc2cnccn2)c1. The second kappa shape index (κ2) is 4.75. The van der Waals surface area contributed by atoms with Gasteiger partial charge in [-0.2, -0.15) is 0 Å². The molecule has 76 valence electrons. The van der Waals surface area contributed by atoms with Crippen molar-refractivity contribution in [1.82, 2.24) is 9.97 Å². The van der Waals surface area contributed by atoms with E-state index in [1.807, 2.05) is 24.3 Å². The number of aromatic nitrogens is 2. The van der Waals surface area contributed by atoms with Crippen molar-refractivity contribution < 1.29 is 0 Å². The van der Waals surface area contributed by atoms with E-state index in [9.17, 15) is 0 Å². The summed E-state index contributed by atoms with van der Waals surface area (Å²) in [5.74, 6) is 0.762. The van der Waals surface area contributed by atoms with Gasteiger partial charge in [-0.15, -0.1) is 0 Å². The summed E-state index contributed by atoms with van der Waals surface area (Å²) in [7, 11) is 0. The Labute approximate surface area is 93.1 Å². The van der Waals surface area contributed by atoms with Crippen LogP contribution in [0, 0.1) is 0 Å². The fourth-order valence-electron chi connectivity index (χ4n) is 1.23. The first kappa shape index (κ1) is 9.93. The quantitative estimate of drug-likeness (QED) is 0.863. The van der Waals surface area contributed by atoms with E-state index in [-0.39, 0.29) is 0 Å². The topological polar surface area (TPSA) is 37.8 Å². The van der Waals surface area contributed by atoms with E-state index in [1.165, 1.54) is 0 Å². The zero-order valence-electron chi connectivity index (χ0n) is 8.02. The van der Waals surface area contributed by atoms with Crippen LogP contribution >= 0.6 is 11.6 Å². The molecule has 0 aliphatic carbocycles. The molecule has 15 heavy (non-hydrogen) atoms. The number of nitrogens with zero attached hydrogens (tertiary/aromatic N) is 2.